The van der Waals surface area contributed by atoms with Crippen LogP contribution in [0.25, 0.3) is 44.8 Å². The van der Waals surface area contributed by atoms with Crippen molar-refractivity contribution < 1.29 is 4.79 Å². The molecule has 0 N–H and O–H groups in total. The number of hydrogen-bond acceptors (Lipinski definition) is 3. The molecule has 40 heavy (non-hydrogen) atoms. The number of hydrogen-bond donors (Lipinski definition) is 0. The topological polar surface area (TPSA) is 52.7 Å². The lowest BCUT2D eigenvalue weighted by molar-refractivity contribution is -0.120. The minimum Gasteiger partial charge on any atom is -0.314 e. The summed E-state index contributed by atoms with van der Waals surface area (Å²) < 4.78 is 3.33. The van der Waals surface area contributed by atoms with E-state index in [2.05, 4.69) is 46.4 Å². The van der Waals surface area contributed by atoms with Crippen molar-refractivity contribution in [3.8, 4) is 44.8 Å². The van der Waals surface area contributed by atoms with E-state index in [1.54, 1.807) is 9.13 Å². The average molecular weight is 563 g/mol. The number of ketones is 1. The second-order valence-electron chi connectivity index (χ2n) is 9.41. The molecule has 0 aliphatic heterocycles. The standard InChI is InChI=1S/C33H24Cl2N4O/c34-32-36-30(28-17-9-7-15-26(28)23-11-3-1-4-12-23)21-38(32)19-25(40)20-39-22-31(37-33(39)35)29-18-10-8-16-27(29)24-13-5-2-6-14-24/h1-18,21-22H,19-20H2. The maximum absolute atomic E-state index is 13.1. The lowest BCUT2D eigenvalue weighted by atomic mass is 9.98. The number of imidazole rings is 2. The van der Waals surface area contributed by atoms with E-state index in [0.29, 0.717) is 11.4 Å². The molecule has 0 spiro atoms. The summed E-state index contributed by atoms with van der Waals surface area (Å²) in [7, 11) is 0. The highest BCUT2D eigenvalue weighted by molar-refractivity contribution is 6.29. The number of nitrogens with zero attached hydrogens (tertiary/aromatic N) is 4. The first-order valence-electron chi connectivity index (χ1n) is 12.8. The van der Waals surface area contributed by atoms with E-state index >= 15 is 0 Å². The van der Waals surface area contributed by atoms with Gasteiger partial charge >= 0.3 is 0 Å². The van der Waals surface area contributed by atoms with Crippen LogP contribution in [-0.4, -0.2) is 24.9 Å². The average Bonchev–Trinajstić information content (AvgIpc) is 3.55. The first-order chi connectivity index (χ1) is 19.6. The summed E-state index contributed by atoms with van der Waals surface area (Å²) in [6, 6.07) is 36.3. The maximum atomic E-state index is 13.1. The minimum atomic E-state index is -0.0793. The van der Waals surface area contributed by atoms with Gasteiger partial charge in [0.25, 0.3) is 0 Å². The molecule has 0 aliphatic carbocycles. The summed E-state index contributed by atoms with van der Waals surface area (Å²) in [5.74, 6) is -0.0793. The molecule has 0 fully saturated rings. The van der Waals surface area contributed by atoms with Gasteiger partial charge in [-0.3, -0.25) is 4.79 Å². The van der Waals surface area contributed by atoms with E-state index in [0.717, 1.165) is 33.4 Å². The van der Waals surface area contributed by atoms with Crippen molar-refractivity contribution in [2.45, 2.75) is 13.1 Å². The van der Waals surface area contributed by atoms with Gasteiger partial charge < -0.3 is 9.13 Å². The van der Waals surface area contributed by atoms with Crippen LogP contribution in [0.1, 0.15) is 0 Å². The molecule has 0 amide bonds. The van der Waals surface area contributed by atoms with Crippen LogP contribution in [0.5, 0.6) is 0 Å². The van der Waals surface area contributed by atoms with Crippen molar-refractivity contribution in [1.29, 1.82) is 0 Å². The van der Waals surface area contributed by atoms with E-state index in [-0.39, 0.29) is 29.4 Å². The third-order valence-electron chi connectivity index (χ3n) is 6.72. The monoisotopic (exact) mass is 562 g/mol. The number of aromatic nitrogens is 4. The Bertz CT molecular complexity index is 1660. The van der Waals surface area contributed by atoms with E-state index < -0.39 is 0 Å². The van der Waals surface area contributed by atoms with E-state index in [1.807, 2.05) is 85.2 Å². The molecular formula is C33H24Cl2N4O. The van der Waals surface area contributed by atoms with Gasteiger partial charge in [0.15, 0.2) is 5.78 Å². The fraction of sp³-hybridized carbons (Fsp3) is 0.0606. The zero-order chi connectivity index (χ0) is 27.5. The van der Waals surface area contributed by atoms with Crippen molar-refractivity contribution >= 4 is 29.0 Å². The molecule has 5 nitrogen and oxygen atoms in total. The summed E-state index contributed by atoms with van der Waals surface area (Å²) in [6.45, 7) is 0.119. The van der Waals surface area contributed by atoms with Crippen LogP contribution >= 0.6 is 23.2 Å². The number of rotatable bonds is 8. The van der Waals surface area contributed by atoms with Crippen LogP contribution in [0.2, 0.25) is 10.6 Å². The molecule has 6 aromatic rings. The number of carbonyl (C=O) groups excluding carboxylic acids is 1. The highest BCUT2D eigenvalue weighted by atomic mass is 35.5. The molecule has 4 aromatic carbocycles. The predicted molar refractivity (Wildman–Crippen MR) is 161 cm³/mol. The second-order valence-corrected chi connectivity index (χ2v) is 10.1. The first kappa shape index (κ1) is 25.8. The van der Waals surface area contributed by atoms with Crippen LogP contribution in [0.3, 0.4) is 0 Å². The molecule has 6 rings (SSSR count). The number of Topliss-reactive ketones (excluding diaryl/α,β-unsaturated/α-hetero) is 1. The molecule has 0 saturated heterocycles. The van der Waals surface area contributed by atoms with Crippen LogP contribution in [0, 0.1) is 0 Å². The highest BCUT2D eigenvalue weighted by Crippen LogP contribution is 2.33. The van der Waals surface area contributed by atoms with Gasteiger partial charge in [-0.1, -0.05) is 109 Å². The van der Waals surface area contributed by atoms with E-state index in [1.165, 1.54) is 0 Å². The van der Waals surface area contributed by atoms with Gasteiger partial charge in [-0.05, 0) is 45.5 Å². The molecule has 0 saturated carbocycles. The first-order valence-corrected chi connectivity index (χ1v) is 13.6. The summed E-state index contributed by atoms with van der Waals surface area (Å²) >= 11 is 13.0. The Hall–Kier alpha value is -4.45. The third-order valence-corrected chi connectivity index (χ3v) is 7.33. The molecule has 0 bridgehead atoms. The van der Waals surface area contributed by atoms with Crippen molar-refractivity contribution in [2.24, 2.45) is 0 Å². The van der Waals surface area contributed by atoms with Gasteiger partial charge in [-0.2, -0.15) is 0 Å². The molecule has 0 radical (unpaired) electrons. The van der Waals surface area contributed by atoms with Gasteiger partial charge in [0.1, 0.15) is 0 Å². The van der Waals surface area contributed by atoms with E-state index in [4.69, 9.17) is 23.2 Å². The Morgan fingerprint density at radius 1 is 0.525 bits per heavy atom. The number of benzene rings is 4. The quantitative estimate of drug-likeness (QED) is 0.187. The summed E-state index contributed by atoms with van der Waals surface area (Å²) in [4.78, 5) is 22.3. The van der Waals surface area contributed by atoms with Gasteiger partial charge in [0.2, 0.25) is 10.6 Å². The Morgan fingerprint density at radius 2 is 0.875 bits per heavy atom. The lowest BCUT2D eigenvalue weighted by Gasteiger charge is -2.08. The smallest absolute Gasteiger partial charge is 0.203 e. The molecule has 0 unspecified atom stereocenters. The van der Waals surface area contributed by atoms with Crippen molar-refractivity contribution in [2.75, 3.05) is 0 Å². The minimum absolute atomic E-state index is 0.0593. The Balaban J connectivity index is 1.22. The zero-order valence-electron chi connectivity index (χ0n) is 21.4. The third kappa shape index (κ3) is 5.34. The lowest BCUT2D eigenvalue weighted by Crippen LogP contribution is -2.16. The van der Waals surface area contributed by atoms with Gasteiger partial charge in [-0.25, -0.2) is 9.97 Å². The van der Waals surface area contributed by atoms with Crippen LogP contribution in [0.15, 0.2) is 122 Å². The Morgan fingerprint density at radius 3 is 1.27 bits per heavy atom. The molecule has 2 heterocycles. The maximum Gasteiger partial charge on any atom is 0.203 e. The van der Waals surface area contributed by atoms with Crippen LogP contribution < -0.4 is 0 Å². The molecule has 0 aliphatic rings. The fourth-order valence-electron chi connectivity index (χ4n) is 4.85. The number of carbonyl (C=O) groups is 1. The predicted octanol–water partition coefficient (Wildman–Crippen LogP) is 8.32. The Labute approximate surface area is 242 Å². The highest BCUT2D eigenvalue weighted by Gasteiger charge is 2.17. The molecule has 2 aromatic heterocycles. The summed E-state index contributed by atoms with van der Waals surface area (Å²) in [6.07, 6.45) is 3.64. The van der Waals surface area contributed by atoms with Gasteiger partial charge in [-0.15, -0.1) is 0 Å². The van der Waals surface area contributed by atoms with Crippen molar-refractivity contribution in [1.82, 2.24) is 19.1 Å². The molecule has 7 heteroatoms. The SMILES string of the molecule is O=C(Cn1cc(-c2ccccc2-c2ccccc2)nc1Cl)Cn1cc(-c2ccccc2-c2ccccc2)nc1Cl. The van der Waals surface area contributed by atoms with Crippen LogP contribution in [0.4, 0.5) is 0 Å². The van der Waals surface area contributed by atoms with E-state index in [9.17, 15) is 4.79 Å². The largest absolute Gasteiger partial charge is 0.314 e. The van der Waals surface area contributed by atoms with Crippen molar-refractivity contribution in [3.05, 3.63) is 132 Å². The second kappa shape index (κ2) is 11.3. The molecule has 196 valence electrons. The summed E-state index contributed by atoms with van der Waals surface area (Å²) in [5.41, 5.74) is 7.56. The molecule has 0 atom stereocenters. The molecular weight excluding hydrogens is 539 g/mol. The van der Waals surface area contributed by atoms with Gasteiger partial charge in [0.05, 0.1) is 24.5 Å². The van der Waals surface area contributed by atoms with Crippen LogP contribution in [-0.2, 0) is 17.9 Å². The fourth-order valence-corrected chi connectivity index (χ4v) is 5.25. The van der Waals surface area contributed by atoms with Gasteiger partial charge in [0, 0.05) is 23.5 Å². The summed E-state index contributed by atoms with van der Waals surface area (Å²) in [5, 5.41) is 0.501. The zero-order valence-corrected chi connectivity index (χ0v) is 22.9. The Kier molecular flexibility index (Phi) is 7.32. The van der Waals surface area contributed by atoms with Crippen molar-refractivity contribution in [3.63, 3.8) is 0 Å². The normalized spacial score (nSPS) is 11.1. The number of halogens is 2.